The minimum absolute atomic E-state index is 0.113. The minimum Gasteiger partial charge on any atom is -0.507 e. The van der Waals surface area contributed by atoms with Crippen molar-refractivity contribution in [1.82, 2.24) is 30.0 Å². The van der Waals surface area contributed by atoms with Crippen LogP contribution >= 0.6 is 0 Å². The van der Waals surface area contributed by atoms with Gasteiger partial charge in [-0.05, 0) is 24.0 Å². The lowest BCUT2D eigenvalue weighted by Gasteiger charge is -2.19. The van der Waals surface area contributed by atoms with Gasteiger partial charge in [-0.2, -0.15) is 0 Å². The van der Waals surface area contributed by atoms with Gasteiger partial charge in [0, 0.05) is 44.6 Å². The van der Waals surface area contributed by atoms with Crippen LogP contribution in [0.3, 0.4) is 0 Å². The summed E-state index contributed by atoms with van der Waals surface area (Å²) in [5.74, 6) is 2.71. The molecule has 2 N–H and O–H groups in total. The highest BCUT2D eigenvalue weighted by Crippen LogP contribution is 2.46. The van der Waals surface area contributed by atoms with E-state index in [1.165, 1.54) is 0 Å². The van der Waals surface area contributed by atoms with Crippen molar-refractivity contribution in [2.75, 3.05) is 25.0 Å². The van der Waals surface area contributed by atoms with Crippen molar-refractivity contribution >= 4 is 5.82 Å². The second kappa shape index (κ2) is 5.77. The molecule has 0 spiro atoms. The molecule has 1 saturated carbocycles. The Morgan fingerprint density at radius 1 is 1.23 bits per heavy atom. The average molecular weight is 349 g/mol. The summed E-state index contributed by atoms with van der Waals surface area (Å²) >= 11 is 0. The Balaban J connectivity index is 1.37. The van der Waals surface area contributed by atoms with Crippen molar-refractivity contribution in [3.05, 3.63) is 43.1 Å². The molecule has 132 valence electrons. The zero-order valence-electron chi connectivity index (χ0n) is 14.3. The molecule has 3 aromatic rings. The van der Waals surface area contributed by atoms with Gasteiger partial charge >= 0.3 is 0 Å². The molecule has 26 heavy (non-hydrogen) atoms. The number of rotatable bonds is 4. The summed E-state index contributed by atoms with van der Waals surface area (Å²) in [7, 11) is 2.05. The third kappa shape index (κ3) is 2.41. The normalized spacial score (nSPS) is 23.7. The number of phenolic OH excluding ortho intramolecular Hbond substituents is 1. The first-order valence-corrected chi connectivity index (χ1v) is 8.67. The summed E-state index contributed by atoms with van der Waals surface area (Å²) in [6.07, 6.45) is 6.92. The van der Waals surface area contributed by atoms with E-state index in [-0.39, 0.29) is 5.75 Å². The Hall–Kier alpha value is -3.00. The predicted octanol–water partition coefficient (Wildman–Crippen LogP) is 1.08. The van der Waals surface area contributed by atoms with E-state index in [0.717, 1.165) is 24.6 Å². The topological polar surface area (TPSA) is 92.0 Å². The van der Waals surface area contributed by atoms with Crippen LogP contribution in [0.5, 0.6) is 5.75 Å². The highest BCUT2D eigenvalue weighted by molar-refractivity contribution is 5.66. The van der Waals surface area contributed by atoms with Gasteiger partial charge in [-0.25, -0.2) is 9.97 Å². The number of phenols is 1. The first-order valence-electron chi connectivity index (χ1n) is 8.67. The molecule has 2 aliphatic rings. The molecule has 3 heterocycles. The number of anilines is 1. The third-order valence-electron chi connectivity index (χ3n) is 5.43. The number of piperidine rings is 1. The first-order chi connectivity index (χ1) is 12.7. The number of nitrogens with one attached hydrogen (secondary N) is 1. The Labute approximate surface area is 150 Å². The number of hydrogen-bond donors (Lipinski definition) is 2. The summed E-state index contributed by atoms with van der Waals surface area (Å²) in [6, 6.07) is 5.88. The zero-order chi connectivity index (χ0) is 17.7. The van der Waals surface area contributed by atoms with Gasteiger partial charge in [0.15, 0.2) is 11.6 Å². The van der Waals surface area contributed by atoms with E-state index in [1.807, 2.05) is 23.9 Å². The molecular formula is C18H19N7O. The van der Waals surface area contributed by atoms with Crippen LogP contribution in [0.4, 0.5) is 5.82 Å². The van der Waals surface area contributed by atoms with Crippen molar-refractivity contribution < 1.29 is 5.11 Å². The highest BCUT2D eigenvalue weighted by atomic mass is 16.3. The number of fused-ring (bicyclic) bond motifs is 1. The fourth-order valence-corrected chi connectivity index (χ4v) is 3.95. The van der Waals surface area contributed by atoms with Gasteiger partial charge in [0.05, 0.1) is 23.8 Å². The summed E-state index contributed by atoms with van der Waals surface area (Å²) in [6.45, 7) is 2.16. The number of nitrogens with zero attached hydrogens (tertiary/aromatic N) is 6. The number of benzene rings is 1. The van der Waals surface area contributed by atoms with Crippen LogP contribution in [0.15, 0.2) is 43.1 Å². The molecule has 1 aromatic carbocycles. The van der Waals surface area contributed by atoms with Crippen LogP contribution in [-0.2, 0) is 0 Å². The fourth-order valence-electron chi connectivity index (χ4n) is 3.95. The molecule has 5 rings (SSSR count). The summed E-state index contributed by atoms with van der Waals surface area (Å²) in [5.41, 5.74) is 1.38. The number of aromatic nitrogens is 5. The van der Waals surface area contributed by atoms with E-state index in [0.29, 0.717) is 29.3 Å². The first kappa shape index (κ1) is 15.3. The second-order valence-corrected chi connectivity index (χ2v) is 6.90. The average Bonchev–Trinajstić information content (AvgIpc) is 3.07. The monoisotopic (exact) mass is 349 g/mol. The summed E-state index contributed by atoms with van der Waals surface area (Å²) < 4.78 is 1.82. The molecule has 2 fully saturated rings. The standard InChI is InChI=1S/C18H19N7O/c1-24(17-13-7-20-8-14(13)17)16-9-21-18(23-22-16)12-3-2-11(6-15(12)26)25-5-4-19-10-25/h2-6,9-10,13-14,17,20,26H,7-8H2,1H3/t13-,14+,17+. The Morgan fingerprint density at radius 2 is 2.08 bits per heavy atom. The van der Waals surface area contributed by atoms with E-state index >= 15 is 0 Å². The van der Waals surface area contributed by atoms with Crippen molar-refractivity contribution in [1.29, 1.82) is 0 Å². The van der Waals surface area contributed by atoms with Gasteiger partial charge < -0.3 is 19.9 Å². The van der Waals surface area contributed by atoms with E-state index in [1.54, 1.807) is 30.9 Å². The molecule has 2 aromatic heterocycles. The van der Waals surface area contributed by atoms with Gasteiger partial charge in [-0.15, -0.1) is 10.2 Å². The van der Waals surface area contributed by atoms with E-state index in [9.17, 15) is 5.11 Å². The lowest BCUT2D eigenvalue weighted by Crippen LogP contribution is -2.30. The van der Waals surface area contributed by atoms with Crippen LogP contribution in [0, 0.1) is 11.8 Å². The largest absolute Gasteiger partial charge is 0.507 e. The molecule has 8 heteroatoms. The number of hydrogen-bond acceptors (Lipinski definition) is 7. The quantitative estimate of drug-likeness (QED) is 0.728. The summed E-state index contributed by atoms with van der Waals surface area (Å²) in [5, 5.41) is 22.3. The van der Waals surface area contributed by atoms with Gasteiger partial charge in [-0.3, -0.25) is 0 Å². The zero-order valence-corrected chi connectivity index (χ0v) is 14.3. The Morgan fingerprint density at radius 3 is 2.73 bits per heavy atom. The van der Waals surface area contributed by atoms with E-state index in [2.05, 4.69) is 30.4 Å². The fraction of sp³-hybridized carbons (Fsp3) is 0.333. The lowest BCUT2D eigenvalue weighted by molar-refractivity contribution is 0.476. The van der Waals surface area contributed by atoms with Crippen LogP contribution in [0.2, 0.25) is 0 Å². The number of aromatic hydroxyl groups is 1. The van der Waals surface area contributed by atoms with Gasteiger partial charge in [0.25, 0.3) is 0 Å². The van der Waals surface area contributed by atoms with Gasteiger partial charge in [-0.1, -0.05) is 0 Å². The van der Waals surface area contributed by atoms with Crippen LogP contribution in [-0.4, -0.2) is 56.0 Å². The van der Waals surface area contributed by atoms with E-state index < -0.39 is 0 Å². The van der Waals surface area contributed by atoms with Crippen LogP contribution in [0.1, 0.15) is 0 Å². The molecule has 3 atom stereocenters. The second-order valence-electron chi connectivity index (χ2n) is 6.90. The molecule has 0 bridgehead atoms. The third-order valence-corrected chi connectivity index (χ3v) is 5.43. The molecule has 8 nitrogen and oxygen atoms in total. The van der Waals surface area contributed by atoms with Gasteiger partial charge in [0.1, 0.15) is 5.75 Å². The summed E-state index contributed by atoms with van der Waals surface area (Å²) in [4.78, 5) is 10.6. The van der Waals surface area contributed by atoms with Crippen LogP contribution in [0.25, 0.3) is 17.1 Å². The van der Waals surface area contributed by atoms with Crippen molar-refractivity contribution in [2.45, 2.75) is 6.04 Å². The Kier molecular flexibility index (Phi) is 3.39. The smallest absolute Gasteiger partial charge is 0.185 e. The molecule has 0 amide bonds. The maximum absolute atomic E-state index is 10.4. The maximum atomic E-state index is 10.4. The number of imidazole rings is 1. The molecule has 1 saturated heterocycles. The SMILES string of the molecule is CN(c1cnc(-c2ccc(-n3ccnc3)cc2O)nn1)[C@H]1[C@@H]2CNC[C@@H]21. The highest BCUT2D eigenvalue weighted by Gasteiger charge is 2.55. The maximum Gasteiger partial charge on any atom is 0.185 e. The van der Waals surface area contributed by atoms with Crippen molar-refractivity contribution in [3.63, 3.8) is 0 Å². The molecule has 0 radical (unpaired) electrons. The minimum atomic E-state index is 0.113. The Bertz CT molecular complexity index is 915. The van der Waals surface area contributed by atoms with Crippen LogP contribution < -0.4 is 10.2 Å². The molecule has 0 unspecified atom stereocenters. The lowest BCUT2D eigenvalue weighted by atomic mass is 10.1. The molecule has 1 aliphatic carbocycles. The van der Waals surface area contributed by atoms with Gasteiger partial charge in [0.2, 0.25) is 0 Å². The van der Waals surface area contributed by atoms with Crippen molar-refractivity contribution in [2.24, 2.45) is 11.8 Å². The van der Waals surface area contributed by atoms with Crippen molar-refractivity contribution in [3.8, 4) is 22.8 Å². The predicted molar refractivity (Wildman–Crippen MR) is 96.1 cm³/mol. The molecule has 1 aliphatic heterocycles. The van der Waals surface area contributed by atoms with E-state index in [4.69, 9.17) is 0 Å². The molecular weight excluding hydrogens is 330 g/mol.